The average molecular weight is 220 g/mol. The molecule has 0 spiro atoms. The van der Waals surface area contributed by atoms with Gasteiger partial charge in [-0.1, -0.05) is 18.2 Å². The molecule has 0 aromatic heterocycles. The van der Waals surface area contributed by atoms with Gasteiger partial charge in [0.1, 0.15) is 0 Å². The molecule has 0 bridgehead atoms. The summed E-state index contributed by atoms with van der Waals surface area (Å²) < 4.78 is 0. The van der Waals surface area contributed by atoms with Crippen LogP contribution in [0.25, 0.3) is 6.08 Å². The van der Waals surface area contributed by atoms with Gasteiger partial charge in [0.25, 0.3) is 0 Å². The molecule has 0 aliphatic heterocycles. The van der Waals surface area contributed by atoms with Crippen LogP contribution in [0.2, 0.25) is 0 Å². The van der Waals surface area contributed by atoms with Crippen molar-refractivity contribution in [3.8, 4) is 0 Å². The first-order valence-electron chi connectivity index (χ1n) is 3.01. The van der Waals surface area contributed by atoms with Gasteiger partial charge in [-0.3, -0.25) is 0 Å². The van der Waals surface area contributed by atoms with Crippen molar-refractivity contribution in [3.05, 3.63) is 42.0 Å². The number of allylic oxidation sites excluding steroid dienone is 1. The molecule has 11 heavy (non-hydrogen) atoms. The van der Waals surface area contributed by atoms with Crippen LogP contribution < -0.4 is 0 Å². The summed E-state index contributed by atoms with van der Waals surface area (Å²) in [4.78, 5) is 9.84. The van der Waals surface area contributed by atoms with Crippen molar-refractivity contribution < 1.29 is 37.5 Å². The first kappa shape index (κ1) is 10.7. The monoisotopic (exact) mass is 220 g/mol. The Kier molecular flexibility index (Phi) is 6.29. The smallest absolute Gasteiger partial charge is 0.0531 e. The summed E-state index contributed by atoms with van der Waals surface area (Å²) in [5.74, 6) is 0. The van der Waals surface area contributed by atoms with Crippen LogP contribution in [-0.2, 0) is 37.5 Å². The molecule has 1 rings (SSSR count). The molecule has 0 aliphatic rings. The Labute approximate surface area is 91.4 Å². The maximum Gasteiger partial charge on any atom is 0.0531 e. The van der Waals surface area contributed by atoms with Gasteiger partial charge in [-0.25, -0.2) is 12.2 Å². The zero-order chi connectivity index (χ0) is 7.23. The minimum atomic E-state index is 0. The van der Waals surface area contributed by atoms with Gasteiger partial charge >= 0.3 is 0 Å². The fourth-order valence-corrected chi connectivity index (χ4v) is 0.680. The Morgan fingerprint density at radius 1 is 1.18 bits per heavy atom. The minimum Gasteiger partial charge on any atom is -0.321 e. The Hall–Kier alpha value is -0.266. The molecule has 0 aliphatic carbocycles. The second-order valence-corrected chi connectivity index (χ2v) is 1.84. The van der Waals surface area contributed by atoms with Gasteiger partial charge in [0.15, 0.2) is 0 Å². The topological polar surface area (TPSA) is 17.1 Å². The zero-order valence-electron chi connectivity index (χ0n) is 6.03. The van der Waals surface area contributed by atoms with Crippen LogP contribution in [0.5, 0.6) is 0 Å². The number of carbonyl (C=O) groups excluding carboxylic acids is 1. The molecule has 0 N–H and O–H groups in total. The van der Waals surface area contributed by atoms with Crippen LogP contribution >= 0.6 is 0 Å². The van der Waals surface area contributed by atoms with E-state index in [9.17, 15) is 4.79 Å². The van der Waals surface area contributed by atoms with E-state index < -0.39 is 0 Å². The predicted molar refractivity (Wildman–Crippen MR) is 40.2 cm³/mol. The van der Waals surface area contributed by atoms with Crippen molar-refractivity contribution in [1.29, 1.82) is 0 Å². The molecule has 0 fully saturated rings. The van der Waals surface area contributed by atoms with Gasteiger partial charge in [0, 0.05) is 32.7 Å². The van der Waals surface area contributed by atoms with E-state index in [4.69, 9.17) is 0 Å². The standard InChI is InChI=1S/C9H7O.Y/c10-8-4-7-9-5-2-1-3-6-9;/h1-3,5-8H;/q-1;. The van der Waals surface area contributed by atoms with Crippen molar-refractivity contribution in [3.63, 3.8) is 0 Å². The van der Waals surface area contributed by atoms with Crippen LogP contribution in [0.15, 0.2) is 30.3 Å². The van der Waals surface area contributed by atoms with Crippen molar-refractivity contribution >= 4 is 12.4 Å². The summed E-state index contributed by atoms with van der Waals surface area (Å²) in [5.41, 5.74) is 0.995. The maximum atomic E-state index is 9.84. The molecular formula is C9H7OY-. The van der Waals surface area contributed by atoms with Crippen LogP contribution in [0.3, 0.4) is 0 Å². The van der Waals surface area contributed by atoms with E-state index in [2.05, 4.69) is 6.08 Å². The third-order valence-corrected chi connectivity index (χ3v) is 1.12. The van der Waals surface area contributed by atoms with E-state index in [1.807, 2.05) is 30.3 Å². The Morgan fingerprint density at radius 2 is 1.82 bits per heavy atom. The fraction of sp³-hybridized carbons (Fsp3) is 0. The number of hydrogen-bond acceptors (Lipinski definition) is 1. The maximum absolute atomic E-state index is 9.84. The molecular weight excluding hydrogens is 213 g/mol. The van der Waals surface area contributed by atoms with Crippen LogP contribution in [0.4, 0.5) is 0 Å². The summed E-state index contributed by atoms with van der Waals surface area (Å²) in [6.45, 7) is 0. The summed E-state index contributed by atoms with van der Waals surface area (Å²) in [7, 11) is 0. The van der Waals surface area contributed by atoms with Gasteiger partial charge in [-0.2, -0.15) is 5.56 Å². The molecule has 1 nitrogen and oxygen atoms in total. The number of aldehydes is 1. The average Bonchev–Trinajstić information content (AvgIpc) is 2.03. The first-order chi connectivity index (χ1) is 4.93. The van der Waals surface area contributed by atoms with Gasteiger partial charge in [0.2, 0.25) is 0 Å². The SMILES string of the molecule is O=C[C-]=Cc1ccccc1.[Y]. The third kappa shape index (κ3) is 4.23. The van der Waals surface area contributed by atoms with Gasteiger partial charge < -0.3 is 4.79 Å². The molecule has 0 unspecified atom stereocenters. The summed E-state index contributed by atoms with van der Waals surface area (Å²) in [6, 6.07) is 9.59. The molecule has 1 aromatic rings. The van der Waals surface area contributed by atoms with Gasteiger partial charge in [-0.15, -0.1) is 12.1 Å². The second-order valence-electron chi connectivity index (χ2n) is 1.84. The quantitative estimate of drug-likeness (QED) is 0.421. The van der Waals surface area contributed by atoms with Crippen LogP contribution in [-0.4, -0.2) is 6.29 Å². The zero-order valence-corrected chi connectivity index (χ0v) is 8.87. The molecule has 0 saturated carbocycles. The Morgan fingerprint density at radius 3 is 2.36 bits per heavy atom. The second kappa shape index (κ2) is 6.44. The third-order valence-electron chi connectivity index (χ3n) is 1.12. The molecule has 0 saturated heterocycles. The number of carbonyl (C=O) groups is 1. The van der Waals surface area contributed by atoms with Crippen molar-refractivity contribution in [2.24, 2.45) is 0 Å². The van der Waals surface area contributed by atoms with E-state index in [1.165, 1.54) is 0 Å². The first-order valence-corrected chi connectivity index (χ1v) is 3.01. The van der Waals surface area contributed by atoms with E-state index in [-0.39, 0.29) is 32.7 Å². The Bertz CT molecular complexity index is 229. The number of rotatable bonds is 2. The number of benzene rings is 1. The van der Waals surface area contributed by atoms with Crippen molar-refractivity contribution in [1.82, 2.24) is 0 Å². The van der Waals surface area contributed by atoms with E-state index in [0.717, 1.165) is 5.56 Å². The van der Waals surface area contributed by atoms with Gasteiger partial charge in [0.05, 0.1) is 6.29 Å². The predicted octanol–water partition coefficient (Wildman–Crippen LogP) is 1.70. The Balaban J connectivity index is 0.000001000. The number of hydrogen-bond donors (Lipinski definition) is 0. The van der Waals surface area contributed by atoms with Crippen LogP contribution in [0.1, 0.15) is 5.56 Å². The molecule has 0 heterocycles. The summed E-state index contributed by atoms with van der Waals surface area (Å²) >= 11 is 0. The van der Waals surface area contributed by atoms with E-state index in [0.29, 0.717) is 6.29 Å². The molecule has 0 atom stereocenters. The van der Waals surface area contributed by atoms with Crippen molar-refractivity contribution in [2.75, 3.05) is 0 Å². The molecule has 1 aromatic carbocycles. The largest absolute Gasteiger partial charge is 0.321 e. The minimum absolute atomic E-state index is 0. The van der Waals surface area contributed by atoms with E-state index in [1.54, 1.807) is 6.08 Å². The molecule has 53 valence electrons. The van der Waals surface area contributed by atoms with Crippen molar-refractivity contribution in [2.45, 2.75) is 0 Å². The normalized spacial score (nSPS) is 9.09. The van der Waals surface area contributed by atoms with E-state index >= 15 is 0 Å². The molecule has 0 amide bonds. The summed E-state index contributed by atoms with van der Waals surface area (Å²) in [6.07, 6.45) is 4.75. The van der Waals surface area contributed by atoms with Crippen LogP contribution in [0, 0.1) is 6.08 Å². The fourth-order valence-electron chi connectivity index (χ4n) is 0.680. The molecule has 1 radical (unpaired) electrons. The molecule has 2 heteroatoms. The van der Waals surface area contributed by atoms with Gasteiger partial charge in [-0.05, 0) is 0 Å². The summed E-state index contributed by atoms with van der Waals surface area (Å²) in [5, 5.41) is 0.